The van der Waals surface area contributed by atoms with Gasteiger partial charge >= 0.3 is 11.9 Å². The fraction of sp³-hybridized carbons (Fsp3) is 0.818. The van der Waals surface area contributed by atoms with Crippen molar-refractivity contribution < 1.29 is 19.4 Å². The van der Waals surface area contributed by atoms with Crippen LogP contribution in [0, 0.1) is 0 Å². The predicted molar refractivity (Wildman–Crippen MR) is 68.0 cm³/mol. The third kappa shape index (κ3) is 5.41. The molecule has 0 fully saturated rings. The Labute approximate surface area is 106 Å². The lowest BCUT2D eigenvalue weighted by Crippen LogP contribution is -2.57. The predicted octanol–water partition coefficient (Wildman–Crippen LogP) is 1.25. The molecule has 0 aromatic heterocycles. The fourth-order valence-electron chi connectivity index (χ4n) is 1.04. The number of carbonyl (C=O) groups is 2. The van der Waals surface area contributed by atoms with E-state index in [1.165, 1.54) is 11.8 Å². The van der Waals surface area contributed by atoms with E-state index in [9.17, 15) is 9.59 Å². The van der Waals surface area contributed by atoms with E-state index in [-0.39, 0.29) is 6.42 Å². The van der Waals surface area contributed by atoms with E-state index < -0.39 is 23.1 Å². The first-order valence-electron chi connectivity index (χ1n) is 5.47. The zero-order valence-electron chi connectivity index (χ0n) is 10.8. The zero-order chi connectivity index (χ0) is 13.7. The molecule has 0 aromatic rings. The highest BCUT2D eigenvalue weighted by Crippen LogP contribution is 2.18. The van der Waals surface area contributed by atoms with Crippen LogP contribution < -0.4 is 5.73 Å². The molecule has 0 spiro atoms. The number of rotatable bonds is 6. The number of aliphatic carboxylic acids is 1. The van der Waals surface area contributed by atoms with Crippen molar-refractivity contribution in [2.45, 2.75) is 45.3 Å². The van der Waals surface area contributed by atoms with E-state index in [2.05, 4.69) is 0 Å². The lowest BCUT2D eigenvalue weighted by molar-refractivity contribution is -0.169. The van der Waals surface area contributed by atoms with Crippen LogP contribution in [0.2, 0.25) is 0 Å². The second-order valence-electron chi connectivity index (χ2n) is 4.73. The summed E-state index contributed by atoms with van der Waals surface area (Å²) in [6.45, 7) is 6.98. The molecule has 0 bridgehead atoms. The lowest BCUT2D eigenvalue weighted by atomic mass is 9.97. The van der Waals surface area contributed by atoms with Crippen LogP contribution in [0.4, 0.5) is 0 Å². The van der Waals surface area contributed by atoms with Crippen molar-refractivity contribution in [2.75, 3.05) is 11.5 Å². The summed E-state index contributed by atoms with van der Waals surface area (Å²) in [5.41, 5.74) is 2.95. The highest BCUT2D eigenvalue weighted by atomic mass is 32.2. The maximum Gasteiger partial charge on any atom is 0.338 e. The van der Waals surface area contributed by atoms with Crippen molar-refractivity contribution in [3.63, 3.8) is 0 Å². The third-order valence-electron chi connectivity index (χ3n) is 1.99. The molecule has 17 heavy (non-hydrogen) atoms. The van der Waals surface area contributed by atoms with Crippen LogP contribution in [-0.4, -0.2) is 39.7 Å². The van der Waals surface area contributed by atoms with Gasteiger partial charge in [-0.05, 0) is 38.7 Å². The molecule has 5 nitrogen and oxygen atoms in total. The summed E-state index contributed by atoms with van der Waals surface area (Å²) in [4.78, 5) is 22.9. The van der Waals surface area contributed by atoms with E-state index in [0.717, 1.165) is 5.75 Å². The molecule has 0 rings (SSSR count). The Morgan fingerprint density at radius 1 is 1.35 bits per heavy atom. The molecule has 0 saturated heterocycles. The van der Waals surface area contributed by atoms with Crippen molar-refractivity contribution in [3.8, 4) is 0 Å². The molecule has 1 unspecified atom stereocenters. The molecule has 3 N–H and O–H groups in total. The van der Waals surface area contributed by atoms with Gasteiger partial charge < -0.3 is 15.6 Å². The van der Waals surface area contributed by atoms with Crippen LogP contribution >= 0.6 is 11.8 Å². The van der Waals surface area contributed by atoms with Gasteiger partial charge in [0, 0.05) is 0 Å². The highest BCUT2D eigenvalue weighted by Gasteiger charge is 2.44. The number of hydrogen-bond acceptors (Lipinski definition) is 5. The Hall–Kier alpha value is -0.750. The van der Waals surface area contributed by atoms with Gasteiger partial charge in [0.05, 0.1) is 0 Å². The van der Waals surface area contributed by atoms with Gasteiger partial charge in [0.15, 0.2) is 0 Å². The maximum atomic E-state index is 11.8. The van der Waals surface area contributed by atoms with Gasteiger partial charge in [-0.15, -0.1) is 0 Å². The summed E-state index contributed by atoms with van der Waals surface area (Å²) in [7, 11) is 0. The second kappa shape index (κ2) is 6.26. The molecule has 1 atom stereocenters. The largest absolute Gasteiger partial charge is 0.479 e. The standard InChI is InChI=1S/C11H21NO4S/c1-5-17-7-6-11(12,8(13)14)9(15)16-10(2,3)4/h5-7,12H2,1-4H3,(H,13,14). The molecule has 100 valence electrons. The van der Waals surface area contributed by atoms with Gasteiger partial charge in [0.1, 0.15) is 5.60 Å². The van der Waals surface area contributed by atoms with Gasteiger partial charge in [-0.3, -0.25) is 0 Å². The average molecular weight is 263 g/mol. The number of ether oxygens (including phenoxy) is 1. The first-order chi connectivity index (χ1) is 7.63. The summed E-state index contributed by atoms with van der Waals surface area (Å²) in [5, 5.41) is 9.06. The fourth-order valence-corrected chi connectivity index (χ4v) is 1.80. The van der Waals surface area contributed by atoms with Crippen molar-refractivity contribution >= 4 is 23.7 Å². The molecule has 6 heteroatoms. The van der Waals surface area contributed by atoms with E-state index in [0.29, 0.717) is 5.75 Å². The van der Waals surface area contributed by atoms with Crippen molar-refractivity contribution in [3.05, 3.63) is 0 Å². The molecule has 0 amide bonds. The number of carboxylic acids is 1. The summed E-state index contributed by atoms with van der Waals surface area (Å²) in [6.07, 6.45) is 0.0652. The van der Waals surface area contributed by atoms with E-state index in [1.807, 2.05) is 6.92 Å². The Balaban J connectivity index is 4.70. The number of hydrogen-bond donors (Lipinski definition) is 2. The summed E-state index contributed by atoms with van der Waals surface area (Å²) in [6, 6.07) is 0. The van der Waals surface area contributed by atoms with Crippen molar-refractivity contribution in [2.24, 2.45) is 5.73 Å². The Morgan fingerprint density at radius 3 is 2.24 bits per heavy atom. The monoisotopic (exact) mass is 263 g/mol. The highest BCUT2D eigenvalue weighted by molar-refractivity contribution is 7.99. The number of thioether (sulfide) groups is 1. The minimum atomic E-state index is -1.95. The molecule has 0 aromatic carbocycles. The van der Waals surface area contributed by atoms with Crippen LogP contribution in [0.3, 0.4) is 0 Å². The van der Waals surface area contributed by atoms with Crippen molar-refractivity contribution in [1.82, 2.24) is 0 Å². The molecule has 0 aliphatic rings. The summed E-state index contributed by atoms with van der Waals surface area (Å²) < 4.78 is 5.04. The number of esters is 1. The molecule has 0 heterocycles. The molecular formula is C11H21NO4S. The Morgan fingerprint density at radius 2 is 1.88 bits per heavy atom. The molecular weight excluding hydrogens is 242 g/mol. The minimum absolute atomic E-state index is 0.0652. The maximum absolute atomic E-state index is 11.8. The van der Waals surface area contributed by atoms with Crippen LogP contribution in [0.1, 0.15) is 34.1 Å². The summed E-state index contributed by atoms with van der Waals surface area (Å²) >= 11 is 1.54. The van der Waals surface area contributed by atoms with E-state index >= 15 is 0 Å². The van der Waals surface area contributed by atoms with Gasteiger partial charge in [-0.1, -0.05) is 6.92 Å². The van der Waals surface area contributed by atoms with Gasteiger partial charge in [0.25, 0.3) is 0 Å². The van der Waals surface area contributed by atoms with Gasteiger partial charge in [-0.25, -0.2) is 9.59 Å². The average Bonchev–Trinajstić information content (AvgIpc) is 2.14. The van der Waals surface area contributed by atoms with Gasteiger partial charge in [-0.2, -0.15) is 11.8 Å². The molecule has 0 radical (unpaired) electrons. The molecule has 0 saturated carbocycles. The number of carbonyl (C=O) groups excluding carboxylic acids is 1. The van der Waals surface area contributed by atoms with Crippen molar-refractivity contribution in [1.29, 1.82) is 0 Å². The zero-order valence-corrected chi connectivity index (χ0v) is 11.6. The smallest absolute Gasteiger partial charge is 0.338 e. The Kier molecular flexibility index (Phi) is 5.98. The third-order valence-corrected chi connectivity index (χ3v) is 2.89. The summed E-state index contributed by atoms with van der Waals surface area (Å²) in [5.74, 6) is -0.861. The van der Waals surface area contributed by atoms with Gasteiger partial charge in [0.2, 0.25) is 5.54 Å². The first-order valence-corrected chi connectivity index (χ1v) is 6.62. The Bertz CT molecular complexity index is 288. The second-order valence-corrected chi connectivity index (χ2v) is 6.12. The van der Waals surface area contributed by atoms with E-state index in [1.54, 1.807) is 20.8 Å². The molecule has 0 aliphatic heterocycles. The minimum Gasteiger partial charge on any atom is -0.479 e. The quantitative estimate of drug-likeness (QED) is 0.426. The normalized spacial score (nSPS) is 15.1. The van der Waals surface area contributed by atoms with Crippen LogP contribution in [0.25, 0.3) is 0 Å². The number of nitrogens with two attached hydrogens (primary N) is 1. The first kappa shape index (κ1) is 16.2. The molecule has 0 aliphatic carbocycles. The number of carboxylic acid groups (broad SMARTS) is 1. The SMILES string of the molecule is CCSCCC(N)(C(=O)O)C(=O)OC(C)(C)C. The van der Waals surface area contributed by atoms with Crippen LogP contribution in [0.15, 0.2) is 0 Å². The van der Waals surface area contributed by atoms with Crippen LogP contribution in [0.5, 0.6) is 0 Å². The topological polar surface area (TPSA) is 89.6 Å². The van der Waals surface area contributed by atoms with E-state index in [4.69, 9.17) is 15.6 Å². The van der Waals surface area contributed by atoms with Crippen LogP contribution in [-0.2, 0) is 14.3 Å². The lowest BCUT2D eigenvalue weighted by Gasteiger charge is -2.28.